The van der Waals surface area contributed by atoms with E-state index in [9.17, 15) is 14.4 Å². The van der Waals surface area contributed by atoms with Crippen LogP contribution in [-0.2, 0) is 6.42 Å². The van der Waals surface area contributed by atoms with Crippen molar-refractivity contribution < 1.29 is 4.79 Å². The van der Waals surface area contributed by atoms with Gasteiger partial charge in [-0.2, -0.15) is 0 Å². The molecule has 1 aliphatic rings. The van der Waals surface area contributed by atoms with E-state index < -0.39 is 17.2 Å². The number of aryl methyl sites for hydroxylation is 1. The van der Waals surface area contributed by atoms with Crippen LogP contribution in [0, 0.1) is 0 Å². The maximum absolute atomic E-state index is 12.9. The van der Waals surface area contributed by atoms with Gasteiger partial charge < -0.3 is 20.9 Å². The van der Waals surface area contributed by atoms with Crippen molar-refractivity contribution in [1.29, 1.82) is 0 Å². The van der Waals surface area contributed by atoms with Crippen molar-refractivity contribution in [2.75, 3.05) is 25.4 Å². The zero-order chi connectivity index (χ0) is 18.0. The molecule has 3 rings (SSSR count). The minimum Gasteiger partial charge on any atom is -0.392 e. The third-order valence-corrected chi connectivity index (χ3v) is 4.47. The van der Waals surface area contributed by atoms with Gasteiger partial charge in [-0.1, -0.05) is 31.2 Å². The topological polar surface area (TPSA) is 124 Å². The number of H-pyrrole nitrogens is 2. The Morgan fingerprint density at radius 2 is 1.96 bits per heavy atom. The number of nitrogens with two attached hydrogens (primary N) is 1. The molecule has 1 saturated heterocycles. The second-order valence-electron chi connectivity index (χ2n) is 6.01. The highest BCUT2D eigenvalue weighted by atomic mass is 16.2. The van der Waals surface area contributed by atoms with Crippen molar-refractivity contribution in [3.05, 3.63) is 61.9 Å². The SMILES string of the molecule is CCc1ccc(C2CNCCN2C(=O)c2[nH]c(=O)[nH]c(=O)c2N)cc1. The zero-order valence-corrected chi connectivity index (χ0v) is 14.0. The third kappa shape index (κ3) is 3.34. The molecule has 1 fully saturated rings. The second-order valence-corrected chi connectivity index (χ2v) is 6.01. The number of benzene rings is 1. The molecule has 1 aromatic carbocycles. The Morgan fingerprint density at radius 3 is 2.64 bits per heavy atom. The molecule has 5 N–H and O–H groups in total. The molecule has 0 saturated carbocycles. The fraction of sp³-hybridized carbons (Fsp3) is 0.353. The van der Waals surface area contributed by atoms with Crippen LogP contribution in [0.2, 0.25) is 0 Å². The van der Waals surface area contributed by atoms with Crippen molar-refractivity contribution in [2.24, 2.45) is 0 Å². The van der Waals surface area contributed by atoms with Gasteiger partial charge in [0.05, 0.1) is 6.04 Å². The molecular weight excluding hydrogens is 322 g/mol. The molecule has 0 aliphatic carbocycles. The van der Waals surface area contributed by atoms with E-state index in [4.69, 9.17) is 5.73 Å². The van der Waals surface area contributed by atoms with Crippen LogP contribution >= 0.6 is 0 Å². The number of nitrogen functional groups attached to an aromatic ring is 1. The molecule has 0 radical (unpaired) electrons. The summed E-state index contributed by atoms with van der Waals surface area (Å²) in [4.78, 5) is 42.1. The number of aromatic amines is 2. The molecule has 1 aliphatic heterocycles. The largest absolute Gasteiger partial charge is 0.392 e. The molecular formula is C17H21N5O3. The molecule has 2 aromatic rings. The maximum Gasteiger partial charge on any atom is 0.326 e. The van der Waals surface area contributed by atoms with Gasteiger partial charge in [0.25, 0.3) is 11.5 Å². The average Bonchev–Trinajstić information content (AvgIpc) is 2.64. The van der Waals surface area contributed by atoms with Crippen molar-refractivity contribution in [3.8, 4) is 0 Å². The van der Waals surface area contributed by atoms with E-state index >= 15 is 0 Å². The molecule has 8 nitrogen and oxygen atoms in total. The van der Waals surface area contributed by atoms with Crippen LogP contribution in [0.3, 0.4) is 0 Å². The molecule has 1 aromatic heterocycles. The Bertz CT molecular complexity index is 884. The lowest BCUT2D eigenvalue weighted by Gasteiger charge is -2.36. The number of aromatic nitrogens is 2. The minimum atomic E-state index is -0.758. The number of anilines is 1. The smallest absolute Gasteiger partial charge is 0.326 e. The summed E-state index contributed by atoms with van der Waals surface area (Å²) in [6.45, 7) is 3.75. The van der Waals surface area contributed by atoms with Gasteiger partial charge in [-0.25, -0.2) is 4.79 Å². The fourth-order valence-corrected chi connectivity index (χ4v) is 3.03. The Balaban J connectivity index is 1.96. The van der Waals surface area contributed by atoms with Crippen molar-refractivity contribution in [2.45, 2.75) is 19.4 Å². The number of hydrogen-bond donors (Lipinski definition) is 4. The Morgan fingerprint density at radius 1 is 1.24 bits per heavy atom. The van der Waals surface area contributed by atoms with Crippen LogP contribution in [0.4, 0.5) is 5.69 Å². The van der Waals surface area contributed by atoms with Crippen LogP contribution in [-0.4, -0.2) is 40.4 Å². The molecule has 0 bridgehead atoms. The first-order chi connectivity index (χ1) is 12.0. The van der Waals surface area contributed by atoms with Crippen LogP contribution in [0.5, 0.6) is 0 Å². The van der Waals surface area contributed by atoms with Gasteiger partial charge in [0.2, 0.25) is 0 Å². The highest BCUT2D eigenvalue weighted by Gasteiger charge is 2.30. The summed E-state index contributed by atoms with van der Waals surface area (Å²) in [5.74, 6) is -0.452. The molecule has 2 heterocycles. The van der Waals surface area contributed by atoms with Gasteiger partial charge in [-0.3, -0.25) is 14.6 Å². The molecule has 132 valence electrons. The highest BCUT2D eigenvalue weighted by molar-refractivity contribution is 5.97. The van der Waals surface area contributed by atoms with Crippen molar-refractivity contribution >= 4 is 11.6 Å². The predicted octanol–water partition coefficient (Wildman–Crippen LogP) is -0.00550. The lowest BCUT2D eigenvalue weighted by atomic mass is 10.0. The second kappa shape index (κ2) is 6.94. The van der Waals surface area contributed by atoms with Crippen LogP contribution in [0.15, 0.2) is 33.9 Å². The normalized spacial score (nSPS) is 17.5. The van der Waals surface area contributed by atoms with E-state index in [0.717, 1.165) is 12.0 Å². The van der Waals surface area contributed by atoms with Crippen molar-refractivity contribution in [3.63, 3.8) is 0 Å². The monoisotopic (exact) mass is 343 g/mol. The molecule has 8 heteroatoms. The number of hydrogen-bond acceptors (Lipinski definition) is 5. The van der Waals surface area contributed by atoms with E-state index in [1.165, 1.54) is 5.56 Å². The number of rotatable bonds is 3. The maximum atomic E-state index is 12.9. The van der Waals surface area contributed by atoms with Gasteiger partial charge in [0.1, 0.15) is 11.4 Å². The number of nitrogens with zero attached hydrogens (tertiary/aromatic N) is 1. The molecule has 25 heavy (non-hydrogen) atoms. The quantitative estimate of drug-likeness (QED) is 0.624. The molecule has 0 spiro atoms. The molecule has 1 amide bonds. The Hall–Kier alpha value is -2.87. The lowest BCUT2D eigenvalue weighted by molar-refractivity contribution is 0.0628. The molecule has 1 atom stereocenters. The first-order valence-corrected chi connectivity index (χ1v) is 8.24. The standard InChI is InChI=1S/C17H21N5O3/c1-2-10-3-5-11(6-4-10)12-9-19-7-8-22(12)16(24)14-13(18)15(23)21-17(25)20-14/h3-6,12,19H,2,7-9,18H2,1H3,(H2,20,21,23,25). The first-order valence-electron chi connectivity index (χ1n) is 8.24. The Labute approximate surface area is 144 Å². The third-order valence-electron chi connectivity index (χ3n) is 4.47. The summed E-state index contributed by atoms with van der Waals surface area (Å²) in [5.41, 5.74) is 5.97. The van der Waals surface area contributed by atoms with E-state index in [0.29, 0.717) is 19.6 Å². The van der Waals surface area contributed by atoms with E-state index in [1.54, 1.807) is 4.90 Å². The predicted molar refractivity (Wildman–Crippen MR) is 94.6 cm³/mol. The number of carbonyl (C=O) groups is 1. The minimum absolute atomic E-state index is 0.161. The van der Waals surface area contributed by atoms with Crippen LogP contribution < -0.4 is 22.3 Å². The number of piperazine rings is 1. The van der Waals surface area contributed by atoms with E-state index in [1.807, 2.05) is 29.2 Å². The summed E-state index contributed by atoms with van der Waals surface area (Å²) in [7, 11) is 0. The van der Waals surface area contributed by atoms with Crippen LogP contribution in [0.25, 0.3) is 0 Å². The van der Waals surface area contributed by atoms with Crippen LogP contribution in [0.1, 0.15) is 34.6 Å². The lowest BCUT2D eigenvalue weighted by Crippen LogP contribution is -2.49. The average molecular weight is 343 g/mol. The fourth-order valence-electron chi connectivity index (χ4n) is 3.03. The van der Waals surface area contributed by atoms with Gasteiger partial charge >= 0.3 is 5.69 Å². The first kappa shape index (κ1) is 17.0. The van der Waals surface area contributed by atoms with Gasteiger partial charge in [-0.05, 0) is 17.5 Å². The summed E-state index contributed by atoms with van der Waals surface area (Å²) < 4.78 is 0. The number of amides is 1. The summed E-state index contributed by atoms with van der Waals surface area (Å²) in [6.07, 6.45) is 0.941. The van der Waals surface area contributed by atoms with E-state index in [2.05, 4.69) is 17.2 Å². The summed E-state index contributed by atoms with van der Waals surface area (Å²) in [6, 6.07) is 7.88. The van der Waals surface area contributed by atoms with Gasteiger partial charge in [0, 0.05) is 19.6 Å². The van der Waals surface area contributed by atoms with Crippen molar-refractivity contribution in [1.82, 2.24) is 20.2 Å². The highest BCUT2D eigenvalue weighted by Crippen LogP contribution is 2.24. The van der Waals surface area contributed by atoms with Gasteiger partial charge in [0.15, 0.2) is 0 Å². The van der Waals surface area contributed by atoms with E-state index in [-0.39, 0.29) is 17.4 Å². The number of carbonyl (C=O) groups excluding carboxylic acids is 1. The zero-order valence-electron chi connectivity index (χ0n) is 14.0. The number of nitrogens with one attached hydrogen (secondary N) is 3. The Kier molecular flexibility index (Phi) is 4.71. The summed E-state index contributed by atoms with van der Waals surface area (Å²) in [5, 5.41) is 3.27. The molecule has 1 unspecified atom stereocenters. The van der Waals surface area contributed by atoms with Gasteiger partial charge in [-0.15, -0.1) is 0 Å². The summed E-state index contributed by atoms with van der Waals surface area (Å²) >= 11 is 0.